The van der Waals surface area contributed by atoms with Crippen molar-refractivity contribution in [3.63, 3.8) is 0 Å². The van der Waals surface area contributed by atoms with E-state index in [4.69, 9.17) is 0 Å². The minimum Gasteiger partial charge on any atom is -0.326 e. The highest BCUT2D eigenvalue weighted by atomic mass is 16.2. The summed E-state index contributed by atoms with van der Waals surface area (Å²) in [7, 11) is 0. The predicted octanol–water partition coefficient (Wildman–Crippen LogP) is 2.88. The highest BCUT2D eigenvalue weighted by molar-refractivity contribution is 5.96. The zero-order valence-electron chi connectivity index (χ0n) is 11.6. The van der Waals surface area contributed by atoms with Crippen LogP contribution in [-0.2, 0) is 9.59 Å². The second-order valence-corrected chi connectivity index (χ2v) is 5.53. The van der Waals surface area contributed by atoms with E-state index >= 15 is 0 Å². The molecule has 0 aliphatic heterocycles. The third kappa shape index (κ3) is 3.56. The van der Waals surface area contributed by atoms with E-state index in [1.165, 1.54) is 0 Å². The van der Waals surface area contributed by atoms with Gasteiger partial charge in [-0.25, -0.2) is 0 Å². The van der Waals surface area contributed by atoms with E-state index in [0.717, 1.165) is 12.1 Å². The SMILES string of the molecule is CC(C)C(=O)Nc1cccc(NC(=O)[C@H]2C[C@H]2C)c1. The summed E-state index contributed by atoms with van der Waals surface area (Å²) < 4.78 is 0. The third-order valence-corrected chi connectivity index (χ3v) is 3.37. The zero-order chi connectivity index (χ0) is 14.0. The van der Waals surface area contributed by atoms with Crippen LogP contribution in [0, 0.1) is 17.8 Å². The summed E-state index contributed by atoms with van der Waals surface area (Å²) in [4.78, 5) is 23.4. The van der Waals surface area contributed by atoms with Crippen LogP contribution in [0.5, 0.6) is 0 Å². The van der Waals surface area contributed by atoms with E-state index in [1.54, 1.807) is 6.07 Å². The third-order valence-electron chi connectivity index (χ3n) is 3.37. The first-order valence-corrected chi connectivity index (χ1v) is 6.69. The van der Waals surface area contributed by atoms with Crippen molar-refractivity contribution in [3.05, 3.63) is 24.3 Å². The monoisotopic (exact) mass is 260 g/mol. The van der Waals surface area contributed by atoms with E-state index in [0.29, 0.717) is 11.6 Å². The summed E-state index contributed by atoms with van der Waals surface area (Å²) in [6.07, 6.45) is 0.968. The van der Waals surface area contributed by atoms with Gasteiger partial charge in [-0.3, -0.25) is 9.59 Å². The van der Waals surface area contributed by atoms with Crippen LogP contribution in [-0.4, -0.2) is 11.8 Å². The van der Waals surface area contributed by atoms with Crippen molar-refractivity contribution >= 4 is 23.2 Å². The Balaban J connectivity index is 1.99. The van der Waals surface area contributed by atoms with Gasteiger partial charge >= 0.3 is 0 Å². The minimum absolute atomic E-state index is 0.0284. The molecule has 2 atom stereocenters. The maximum Gasteiger partial charge on any atom is 0.227 e. The topological polar surface area (TPSA) is 58.2 Å². The van der Waals surface area contributed by atoms with Crippen molar-refractivity contribution in [2.45, 2.75) is 27.2 Å². The fourth-order valence-corrected chi connectivity index (χ4v) is 1.88. The van der Waals surface area contributed by atoms with Gasteiger partial charge in [0.2, 0.25) is 11.8 Å². The van der Waals surface area contributed by atoms with Crippen LogP contribution in [0.25, 0.3) is 0 Å². The Bertz CT molecular complexity index is 497. The Hall–Kier alpha value is -1.84. The number of anilines is 2. The van der Waals surface area contributed by atoms with Crippen molar-refractivity contribution in [2.75, 3.05) is 10.6 Å². The van der Waals surface area contributed by atoms with E-state index in [-0.39, 0.29) is 23.7 Å². The maximum absolute atomic E-state index is 11.8. The first-order valence-electron chi connectivity index (χ1n) is 6.69. The summed E-state index contributed by atoms with van der Waals surface area (Å²) in [5, 5.41) is 5.71. The van der Waals surface area contributed by atoms with Crippen molar-refractivity contribution in [1.82, 2.24) is 0 Å². The molecule has 0 saturated heterocycles. The second kappa shape index (κ2) is 5.43. The van der Waals surface area contributed by atoms with Crippen LogP contribution in [0.3, 0.4) is 0 Å². The Morgan fingerprint density at radius 2 is 1.79 bits per heavy atom. The van der Waals surface area contributed by atoms with E-state index in [2.05, 4.69) is 17.6 Å². The van der Waals surface area contributed by atoms with Crippen LogP contribution in [0.2, 0.25) is 0 Å². The molecule has 0 aromatic heterocycles. The molecule has 0 bridgehead atoms. The standard InChI is InChI=1S/C15H20N2O2/c1-9(2)14(18)16-11-5-4-6-12(8-11)17-15(19)13-7-10(13)3/h4-6,8-10,13H,7H2,1-3H3,(H,16,18)(H,17,19)/t10-,13+/m1/s1. The molecule has 1 fully saturated rings. The molecule has 2 rings (SSSR count). The lowest BCUT2D eigenvalue weighted by atomic mass is 10.2. The number of nitrogens with one attached hydrogen (secondary N) is 2. The van der Waals surface area contributed by atoms with Crippen LogP contribution in [0.15, 0.2) is 24.3 Å². The molecule has 1 aliphatic carbocycles. The quantitative estimate of drug-likeness (QED) is 0.874. The van der Waals surface area contributed by atoms with Crippen molar-refractivity contribution in [3.8, 4) is 0 Å². The van der Waals surface area contributed by atoms with Gasteiger partial charge in [0.1, 0.15) is 0 Å². The molecule has 2 N–H and O–H groups in total. The average molecular weight is 260 g/mol. The largest absolute Gasteiger partial charge is 0.326 e. The van der Waals surface area contributed by atoms with Gasteiger partial charge in [0.25, 0.3) is 0 Å². The van der Waals surface area contributed by atoms with E-state index in [1.807, 2.05) is 32.0 Å². The number of hydrogen-bond donors (Lipinski definition) is 2. The van der Waals surface area contributed by atoms with Gasteiger partial charge in [-0.15, -0.1) is 0 Å². The molecule has 0 spiro atoms. The summed E-state index contributed by atoms with van der Waals surface area (Å²) >= 11 is 0. The molecule has 1 aromatic rings. The van der Waals surface area contributed by atoms with E-state index in [9.17, 15) is 9.59 Å². The minimum atomic E-state index is -0.0643. The molecule has 2 amide bonds. The second-order valence-electron chi connectivity index (χ2n) is 5.53. The van der Waals surface area contributed by atoms with Gasteiger partial charge in [0, 0.05) is 23.2 Å². The first-order chi connectivity index (χ1) is 8.97. The van der Waals surface area contributed by atoms with Gasteiger partial charge < -0.3 is 10.6 Å². The van der Waals surface area contributed by atoms with Gasteiger partial charge in [-0.05, 0) is 30.5 Å². The molecule has 102 valence electrons. The van der Waals surface area contributed by atoms with Crippen LogP contribution >= 0.6 is 0 Å². The van der Waals surface area contributed by atoms with Crippen LogP contribution in [0.1, 0.15) is 27.2 Å². The summed E-state index contributed by atoms with van der Waals surface area (Å²) in [6.45, 7) is 5.76. The number of carbonyl (C=O) groups is 2. The highest BCUT2D eigenvalue weighted by Gasteiger charge is 2.39. The van der Waals surface area contributed by atoms with Gasteiger partial charge in [0.05, 0.1) is 0 Å². The molecule has 0 heterocycles. The Morgan fingerprint density at radius 3 is 2.32 bits per heavy atom. The highest BCUT2D eigenvalue weighted by Crippen LogP contribution is 2.38. The molecule has 0 unspecified atom stereocenters. The molecular formula is C15H20N2O2. The number of benzene rings is 1. The molecular weight excluding hydrogens is 240 g/mol. The lowest BCUT2D eigenvalue weighted by Gasteiger charge is -2.10. The molecule has 0 radical (unpaired) electrons. The Kier molecular flexibility index (Phi) is 3.88. The Morgan fingerprint density at radius 1 is 1.21 bits per heavy atom. The molecule has 19 heavy (non-hydrogen) atoms. The lowest BCUT2D eigenvalue weighted by Crippen LogP contribution is -2.18. The predicted molar refractivity (Wildman–Crippen MR) is 75.8 cm³/mol. The van der Waals surface area contributed by atoms with Crippen molar-refractivity contribution in [1.29, 1.82) is 0 Å². The molecule has 1 aliphatic rings. The summed E-state index contributed by atoms with van der Waals surface area (Å²) in [5.74, 6) is 0.613. The number of carbonyl (C=O) groups excluding carboxylic acids is 2. The number of hydrogen-bond acceptors (Lipinski definition) is 2. The maximum atomic E-state index is 11.8. The fourth-order valence-electron chi connectivity index (χ4n) is 1.88. The fraction of sp³-hybridized carbons (Fsp3) is 0.467. The number of amides is 2. The van der Waals surface area contributed by atoms with Gasteiger partial charge in [-0.2, -0.15) is 0 Å². The summed E-state index contributed by atoms with van der Waals surface area (Å²) in [5.41, 5.74) is 1.44. The van der Waals surface area contributed by atoms with Crippen LogP contribution < -0.4 is 10.6 Å². The van der Waals surface area contributed by atoms with Gasteiger partial charge in [0.15, 0.2) is 0 Å². The normalized spacial score (nSPS) is 21.1. The first kappa shape index (κ1) is 13.6. The van der Waals surface area contributed by atoms with Crippen molar-refractivity contribution in [2.24, 2.45) is 17.8 Å². The molecule has 4 nitrogen and oxygen atoms in total. The molecule has 1 saturated carbocycles. The van der Waals surface area contributed by atoms with E-state index < -0.39 is 0 Å². The summed E-state index contributed by atoms with van der Waals surface area (Å²) in [6, 6.07) is 7.25. The zero-order valence-corrected chi connectivity index (χ0v) is 11.6. The van der Waals surface area contributed by atoms with Gasteiger partial charge in [-0.1, -0.05) is 26.8 Å². The average Bonchev–Trinajstić information content (AvgIpc) is 3.07. The van der Waals surface area contributed by atoms with Crippen LogP contribution in [0.4, 0.5) is 11.4 Å². The van der Waals surface area contributed by atoms with Crippen molar-refractivity contribution < 1.29 is 9.59 Å². The smallest absolute Gasteiger partial charge is 0.227 e. The lowest BCUT2D eigenvalue weighted by molar-refractivity contribution is -0.119. The number of rotatable bonds is 4. The molecule has 4 heteroatoms. The Labute approximate surface area is 113 Å². The molecule has 1 aromatic carbocycles.